The zero-order valence-electron chi connectivity index (χ0n) is 14.2. The summed E-state index contributed by atoms with van der Waals surface area (Å²) >= 11 is 1.43. The molecular weight excluding hydrogens is 367 g/mol. The van der Waals surface area contributed by atoms with Gasteiger partial charge in [-0.25, -0.2) is 9.37 Å². The van der Waals surface area contributed by atoms with Crippen LogP contribution in [0.5, 0.6) is 0 Å². The number of halogens is 1. The largest absolute Gasteiger partial charge is 0.347 e. The van der Waals surface area contributed by atoms with Crippen LogP contribution in [-0.2, 0) is 9.59 Å². The van der Waals surface area contributed by atoms with E-state index in [-0.39, 0.29) is 5.69 Å². The normalized spacial score (nSPS) is 10.4. The van der Waals surface area contributed by atoms with E-state index in [1.54, 1.807) is 6.20 Å². The molecule has 3 aromatic rings. The minimum atomic E-state index is -0.838. The predicted octanol–water partition coefficient (Wildman–Crippen LogP) is 3.06. The molecule has 1 aromatic heterocycles. The first-order valence-electron chi connectivity index (χ1n) is 8.20. The van der Waals surface area contributed by atoms with Gasteiger partial charge in [0.25, 0.3) is 0 Å². The minimum absolute atomic E-state index is 0.230. The third-order valence-electron chi connectivity index (χ3n) is 3.55. The summed E-state index contributed by atoms with van der Waals surface area (Å²) in [5.41, 5.74) is 2.18. The maximum absolute atomic E-state index is 13.1. The summed E-state index contributed by atoms with van der Waals surface area (Å²) in [6.45, 7) is 0.293. The summed E-state index contributed by atoms with van der Waals surface area (Å²) in [4.78, 5) is 31.1. The van der Waals surface area contributed by atoms with Crippen molar-refractivity contribution in [3.63, 3.8) is 0 Å². The van der Waals surface area contributed by atoms with Gasteiger partial charge in [-0.1, -0.05) is 48.2 Å². The number of aromatic amines is 1. The van der Waals surface area contributed by atoms with Gasteiger partial charge in [0.2, 0.25) is 0 Å². The van der Waals surface area contributed by atoms with Crippen LogP contribution in [0.15, 0.2) is 66.0 Å². The Hall–Kier alpha value is -3.13. The zero-order chi connectivity index (χ0) is 19.1. The van der Waals surface area contributed by atoms with Crippen molar-refractivity contribution >= 4 is 29.3 Å². The van der Waals surface area contributed by atoms with E-state index in [1.807, 2.05) is 30.3 Å². The lowest BCUT2D eigenvalue weighted by molar-refractivity contribution is -0.136. The molecule has 0 saturated heterocycles. The number of nitrogens with zero attached hydrogens (tertiary/aromatic N) is 1. The molecule has 3 rings (SSSR count). The van der Waals surface area contributed by atoms with Crippen LogP contribution in [0.4, 0.5) is 10.1 Å². The monoisotopic (exact) mass is 384 g/mol. The fourth-order valence-electron chi connectivity index (χ4n) is 2.29. The Kier molecular flexibility index (Phi) is 6.22. The van der Waals surface area contributed by atoms with Gasteiger partial charge in [0, 0.05) is 18.0 Å². The van der Waals surface area contributed by atoms with Gasteiger partial charge in [-0.2, -0.15) is 0 Å². The highest BCUT2D eigenvalue weighted by atomic mass is 32.2. The first kappa shape index (κ1) is 18.7. The SMILES string of the molecule is O=C(NCCSc1ncc(-c2ccccc2)[nH]1)C(=O)Nc1cccc(F)c1. The number of H-pyrrole nitrogens is 1. The average molecular weight is 384 g/mol. The van der Waals surface area contributed by atoms with E-state index in [1.165, 1.54) is 30.0 Å². The Balaban J connectivity index is 1.41. The first-order chi connectivity index (χ1) is 13.1. The molecule has 0 radical (unpaired) electrons. The van der Waals surface area contributed by atoms with E-state index >= 15 is 0 Å². The number of hydrogen-bond donors (Lipinski definition) is 3. The van der Waals surface area contributed by atoms with Crippen LogP contribution >= 0.6 is 11.8 Å². The van der Waals surface area contributed by atoms with Crippen LogP contribution in [0, 0.1) is 5.82 Å². The molecule has 8 heteroatoms. The predicted molar refractivity (Wildman–Crippen MR) is 103 cm³/mol. The third kappa shape index (κ3) is 5.42. The highest BCUT2D eigenvalue weighted by Crippen LogP contribution is 2.20. The number of nitrogens with one attached hydrogen (secondary N) is 3. The number of anilines is 1. The van der Waals surface area contributed by atoms with Crippen molar-refractivity contribution in [3.8, 4) is 11.3 Å². The van der Waals surface area contributed by atoms with Crippen LogP contribution < -0.4 is 10.6 Å². The summed E-state index contributed by atoms with van der Waals surface area (Å²) in [6, 6.07) is 15.2. The molecule has 0 spiro atoms. The van der Waals surface area contributed by atoms with Crippen molar-refractivity contribution in [2.24, 2.45) is 0 Å². The van der Waals surface area contributed by atoms with Crippen molar-refractivity contribution in [1.82, 2.24) is 15.3 Å². The molecule has 2 amide bonds. The molecule has 0 bridgehead atoms. The lowest BCUT2D eigenvalue weighted by Crippen LogP contribution is -2.36. The molecule has 27 heavy (non-hydrogen) atoms. The molecule has 0 unspecified atom stereocenters. The molecule has 0 atom stereocenters. The molecule has 6 nitrogen and oxygen atoms in total. The quantitative estimate of drug-likeness (QED) is 0.346. The maximum Gasteiger partial charge on any atom is 0.313 e. The van der Waals surface area contributed by atoms with E-state index in [0.29, 0.717) is 12.3 Å². The van der Waals surface area contributed by atoms with Crippen LogP contribution in [0.2, 0.25) is 0 Å². The Labute approximate surface area is 159 Å². The maximum atomic E-state index is 13.1. The molecule has 2 aromatic carbocycles. The first-order valence-corrected chi connectivity index (χ1v) is 9.18. The molecular formula is C19H17FN4O2S. The van der Waals surface area contributed by atoms with E-state index in [4.69, 9.17) is 0 Å². The van der Waals surface area contributed by atoms with Crippen LogP contribution in [-0.4, -0.2) is 34.1 Å². The van der Waals surface area contributed by atoms with E-state index in [9.17, 15) is 14.0 Å². The van der Waals surface area contributed by atoms with Gasteiger partial charge < -0.3 is 15.6 Å². The Bertz CT molecular complexity index is 930. The number of rotatable bonds is 6. The van der Waals surface area contributed by atoms with Gasteiger partial charge in [0.1, 0.15) is 5.82 Å². The summed E-state index contributed by atoms with van der Waals surface area (Å²) in [5, 5.41) is 5.59. The van der Waals surface area contributed by atoms with Crippen molar-refractivity contribution in [2.75, 3.05) is 17.6 Å². The molecule has 0 aliphatic heterocycles. The average Bonchev–Trinajstić information content (AvgIpc) is 3.15. The lowest BCUT2D eigenvalue weighted by atomic mass is 10.2. The highest BCUT2D eigenvalue weighted by molar-refractivity contribution is 7.99. The van der Waals surface area contributed by atoms with Crippen molar-refractivity contribution in [1.29, 1.82) is 0 Å². The fraction of sp³-hybridized carbons (Fsp3) is 0.105. The smallest absolute Gasteiger partial charge is 0.313 e. The highest BCUT2D eigenvalue weighted by Gasteiger charge is 2.13. The summed E-state index contributed by atoms with van der Waals surface area (Å²) < 4.78 is 13.1. The minimum Gasteiger partial charge on any atom is -0.347 e. The van der Waals surface area contributed by atoms with E-state index in [0.717, 1.165) is 22.5 Å². The van der Waals surface area contributed by atoms with Crippen molar-refractivity contribution in [3.05, 3.63) is 66.6 Å². The number of amides is 2. The molecule has 138 valence electrons. The summed E-state index contributed by atoms with van der Waals surface area (Å²) in [6.07, 6.45) is 1.75. The second-order valence-corrected chi connectivity index (χ2v) is 6.62. The number of aromatic nitrogens is 2. The van der Waals surface area contributed by atoms with Crippen LogP contribution in [0.3, 0.4) is 0 Å². The molecule has 0 fully saturated rings. The lowest BCUT2D eigenvalue weighted by Gasteiger charge is -2.06. The molecule has 0 aliphatic rings. The molecule has 0 aliphatic carbocycles. The van der Waals surface area contributed by atoms with Crippen molar-refractivity contribution < 1.29 is 14.0 Å². The van der Waals surface area contributed by atoms with Crippen LogP contribution in [0.25, 0.3) is 11.3 Å². The number of thioether (sulfide) groups is 1. The van der Waals surface area contributed by atoms with E-state index in [2.05, 4.69) is 20.6 Å². The molecule has 1 heterocycles. The number of hydrogen-bond acceptors (Lipinski definition) is 4. The van der Waals surface area contributed by atoms with Gasteiger partial charge in [-0.05, 0) is 23.8 Å². The van der Waals surface area contributed by atoms with Gasteiger partial charge in [0.05, 0.1) is 11.9 Å². The fourth-order valence-corrected chi connectivity index (χ4v) is 2.99. The van der Waals surface area contributed by atoms with E-state index < -0.39 is 17.6 Å². The third-order valence-corrected chi connectivity index (χ3v) is 4.44. The van der Waals surface area contributed by atoms with Gasteiger partial charge in [0.15, 0.2) is 5.16 Å². The van der Waals surface area contributed by atoms with Crippen LogP contribution in [0.1, 0.15) is 0 Å². The summed E-state index contributed by atoms with van der Waals surface area (Å²) in [5.74, 6) is -1.56. The Morgan fingerprint density at radius 1 is 1.07 bits per heavy atom. The Morgan fingerprint density at radius 2 is 1.89 bits per heavy atom. The summed E-state index contributed by atoms with van der Waals surface area (Å²) in [7, 11) is 0. The van der Waals surface area contributed by atoms with Gasteiger partial charge in [-0.3, -0.25) is 9.59 Å². The molecule has 0 saturated carbocycles. The molecule has 3 N–H and O–H groups in total. The standard InChI is InChI=1S/C19H17FN4O2S/c20-14-7-4-8-15(11-14)23-18(26)17(25)21-9-10-27-19-22-12-16(24-19)13-5-2-1-3-6-13/h1-8,11-12H,9-10H2,(H,21,25)(H,22,24)(H,23,26). The number of imidazole rings is 1. The topological polar surface area (TPSA) is 86.9 Å². The Morgan fingerprint density at radius 3 is 2.67 bits per heavy atom. The number of carbonyl (C=O) groups excluding carboxylic acids is 2. The second kappa shape index (κ2) is 9.00. The number of benzene rings is 2. The second-order valence-electron chi connectivity index (χ2n) is 5.54. The van der Waals surface area contributed by atoms with Crippen molar-refractivity contribution in [2.45, 2.75) is 5.16 Å². The van der Waals surface area contributed by atoms with Gasteiger partial charge >= 0.3 is 11.8 Å². The number of carbonyl (C=O) groups is 2. The zero-order valence-corrected chi connectivity index (χ0v) is 15.1. The van der Waals surface area contributed by atoms with Gasteiger partial charge in [-0.15, -0.1) is 0 Å².